The summed E-state index contributed by atoms with van der Waals surface area (Å²) in [5.74, 6) is 0. The van der Waals surface area contributed by atoms with E-state index in [1.165, 1.54) is 0 Å². The largest absolute Gasteiger partial charge is 0.446 e. The molecule has 120 valence electrons. The van der Waals surface area contributed by atoms with Crippen molar-refractivity contribution in [1.29, 1.82) is 0 Å². The van der Waals surface area contributed by atoms with Crippen molar-refractivity contribution in [1.82, 2.24) is 4.90 Å². The van der Waals surface area contributed by atoms with E-state index in [1.807, 2.05) is 31.2 Å². The maximum absolute atomic E-state index is 12.2. The zero-order valence-corrected chi connectivity index (χ0v) is 13.6. The number of benzene rings is 1. The van der Waals surface area contributed by atoms with E-state index < -0.39 is 5.60 Å². The smallest absolute Gasteiger partial charge is 0.410 e. The number of hydrogen-bond acceptors (Lipinski definition) is 3. The van der Waals surface area contributed by atoms with Crippen LogP contribution >= 0.6 is 0 Å². The average molecular weight is 303 g/mol. The molecule has 2 atom stereocenters. The summed E-state index contributed by atoms with van der Waals surface area (Å²) in [6.07, 6.45) is 2.95. The van der Waals surface area contributed by atoms with E-state index in [0.717, 1.165) is 17.5 Å². The third kappa shape index (κ3) is 3.69. The highest BCUT2D eigenvalue weighted by molar-refractivity contribution is 5.69. The summed E-state index contributed by atoms with van der Waals surface area (Å²) >= 11 is 0. The molecule has 4 nitrogen and oxygen atoms in total. The van der Waals surface area contributed by atoms with Crippen LogP contribution in [0, 0.1) is 0 Å². The summed E-state index contributed by atoms with van der Waals surface area (Å²) in [4.78, 5) is 13.9. The van der Waals surface area contributed by atoms with E-state index in [1.54, 1.807) is 24.8 Å². The molecule has 0 aromatic heterocycles. The third-order valence-corrected chi connectivity index (χ3v) is 4.17. The second kappa shape index (κ2) is 6.53. The molecule has 1 saturated heterocycles. The SMILES string of the molecule is C=CCC1CCN(C(C)c2cccc(C(C)(C)O)c2)C(=O)O1. The standard InChI is InChI=1S/C18H25NO3/c1-5-7-16-10-11-19(17(20)22-16)13(2)14-8-6-9-15(12-14)18(3,4)21/h5-6,8-9,12-13,16,21H,1,7,10-11H2,2-4H3. The molecule has 1 amide bonds. The Morgan fingerprint density at radius 3 is 2.86 bits per heavy atom. The van der Waals surface area contributed by atoms with Crippen LogP contribution in [0.15, 0.2) is 36.9 Å². The quantitative estimate of drug-likeness (QED) is 0.843. The van der Waals surface area contributed by atoms with Gasteiger partial charge in [-0.2, -0.15) is 0 Å². The van der Waals surface area contributed by atoms with E-state index >= 15 is 0 Å². The number of cyclic esters (lactones) is 1. The van der Waals surface area contributed by atoms with Crippen LogP contribution in [-0.2, 0) is 10.3 Å². The van der Waals surface area contributed by atoms with Gasteiger partial charge in [-0.1, -0.05) is 30.3 Å². The first-order chi connectivity index (χ1) is 10.3. The van der Waals surface area contributed by atoms with Gasteiger partial charge < -0.3 is 14.7 Å². The zero-order chi connectivity index (χ0) is 16.3. The summed E-state index contributed by atoms with van der Waals surface area (Å²) in [6, 6.07) is 7.65. The topological polar surface area (TPSA) is 49.8 Å². The van der Waals surface area contributed by atoms with Crippen molar-refractivity contribution in [2.24, 2.45) is 0 Å². The first-order valence-corrected chi connectivity index (χ1v) is 7.74. The van der Waals surface area contributed by atoms with Gasteiger partial charge in [-0.25, -0.2) is 4.79 Å². The van der Waals surface area contributed by atoms with Crippen LogP contribution in [-0.4, -0.2) is 28.7 Å². The fraction of sp³-hybridized carbons (Fsp3) is 0.500. The van der Waals surface area contributed by atoms with Gasteiger partial charge in [0.15, 0.2) is 0 Å². The lowest BCUT2D eigenvalue weighted by Crippen LogP contribution is -2.43. The molecule has 2 unspecified atom stereocenters. The predicted molar refractivity (Wildman–Crippen MR) is 86.5 cm³/mol. The van der Waals surface area contributed by atoms with Crippen LogP contribution in [0.25, 0.3) is 0 Å². The molecule has 0 bridgehead atoms. The average Bonchev–Trinajstić information content (AvgIpc) is 2.46. The molecule has 1 N–H and O–H groups in total. The van der Waals surface area contributed by atoms with Crippen molar-refractivity contribution >= 4 is 6.09 Å². The molecule has 4 heteroatoms. The van der Waals surface area contributed by atoms with Crippen LogP contribution in [0.2, 0.25) is 0 Å². The molecule has 0 saturated carbocycles. The molecule has 22 heavy (non-hydrogen) atoms. The molecule has 1 aliphatic heterocycles. The first kappa shape index (κ1) is 16.6. The number of ether oxygens (including phenoxy) is 1. The molecular formula is C18H25NO3. The molecule has 2 rings (SSSR count). The monoisotopic (exact) mass is 303 g/mol. The van der Waals surface area contributed by atoms with Crippen LogP contribution in [0.5, 0.6) is 0 Å². The van der Waals surface area contributed by atoms with Gasteiger partial charge in [0, 0.05) is 19.4 Å². The van der Waals surface area contributed by atoms with Gasteiger partial charge in [0.2, 0.25) is 0 Å². The Hall–Kier alpha value is -1.81. The molecule has 1 aromatic carbocycles. The van der Waals surface area contributed by atoms with Gasteiger partial charge in [-0.15, -0.1) is 6.58 Å². The normalized spacial score (nSPS) is 20.5. The Morgan fingerprint density at radius 2 is 2.27 bits per heavy atom. The van der Waals surface area contributed by atoms with E-state index in [9.17, 15) is 9.90 Å². The number of nitrogens with zero attached hydrogens (tertiary/aromatic N) is 1. The minimum absolute atomic E-state index is 0.0591. The highest BCUT2D eigenvalue weighted by atomic mass is 16.6. The van der Waals surface area contributed by atoms with Gasteiger partial charge in [0.05, 0.1) is 11.6 Å². The lowest BCUT2D eigenvalue weighted by atomic mass is 9.94. The minimum Gasteiger partial charge on any atom is -0.446 e. The van der Waals surface area contributed by atoms with Crippen LogP contribution in [0.4, 0.5) is 4.79 Å². The molecule has 1 fully saturated rings. The van der Waals surface area contributed by atoms with Gasteiger partial charge in [0.25, 0.3) is 0 Å². The van der Waals surface area contributed by atoms with E-state index in [0.29, 0.717) is 13.0 Å². The van der Waals surface area contributed by atoms with Crippen molar-refractivity contribution in [2.45, 2.75) is 51.4 Å². The summed E-state index contributed by atoms with van der Waals surface area (Å²) in [7, 11) is 0. The first-order valence-electron chi connectivity index (χ1n) is 7.74. The van der Waals surface area contributed by atoms with Crippen molar-refractivity contribution < 1.29 is 14.6 Å². The number of rotatable bonds is 5. The lowest BCUT2D eigenvalue weighted by Gasteiger charge is -2.36. The van der Waals surface area contributed by atoms with Crippen LogP contribution in [0.3, 0.4) is 0 Å². The third-order valence-electron chi connectivity index (χ3n) is 4.17. The number of carbonyl (C=O) groups excluding carboxylic acids is 1. The van der Waals surface area contributed by atoms with E-state index in [2.05, 4.69) is 6.58 Å². The van der Waals surface area contributed by atoms with Gasteiger partial charge in [-0.05, 0) is 31.9 Å². The number of amides is 1. The zero-order valence-electron chi connectivity index (χ0n) is 13.6. The molecular weight excluding hydrogens is 278 g/mol. The number of carbonyl (C=O) groups is 1. The Labute approximate surface area is 132 Å². The highest BCUT2D eigenvalue weighted by Crippen LogP contribution is 2.29. The van der Waals surface area contributed by atoms with Crippen molar-refractivity contribution in [2.75, 3.05) is 6.54 Å². The Balaban J connectivity index is 2.13. The number of hydrogen-bond donors (Lipinski definition) is 1. The van der Waals surface area contributed by atoms with Gasteiger partial charge >= 0.3 is 6.09 Å². The van der Waals surface area contributed by atoms with Crippen molar-refractivity contribution in [3.05, 3.63) is 48.0 Å². The summed E-state index contributed by atoms with van der Waals surface area (Å²) < 4.78 is 5.45. The fourth-order valence-electron chi connectivity index (χ4n) is 2.71. The molecule has 0 radical (unpaired) electrons. The Kier molecular flexibility index (Phi) is 4.91. The number of aliphatic hydroxyl groups is 1. The van der Waals surface area contributed by atoms with Gasteiger partial charge in [-0.3, -0.25) is 0 Å². The lowest BCUT2D eigenvalue weighted by molar-refractivity contribution is 0.0146. The second-order valence-electron chi connectivity index (χ2n) is 6.37. The molecule has 1 heterocycles. The van der Waals surface area contributed by atoms with E-state index in [4.69, 9.17) is 4.74 Å². The van der Waals surface area contributed by atoms with Crippen LogP contribution < -0.4 is 0 Å². The van der Waals surface area contributed by atoms with E-state index in [-0.39, 0.29) is 18.2 Å². The minimum atomic E-state index is -0.896. The van der Waals surface area contributed by atoms with Crippen molar-refractivity contribution in [3.8, 4) is 0 Å². The molecule has 0 aliphatic carbocycles. The predicted octanol–water partition coefficient (Wildman–Crippen LogP) is 3.76. The van der Waals surface area contributed by atoms with Crippen molar-refractivity contribution in [3.63, 3.8) is 0 Å². The Morgan fingerprint density at radius 1 is 1.55 bits per heavy atom. The summed E-state index contributed by atoms with van der Waals surface area (Å²) in [5, 5.41) is 10.1. The Bertz CT molecular complexity index is 548. The molecule has 1 aromatic rings. The maximum atomic E-state index is 12.2. The maximum Gasteiger partial charge on any atom is 0.410 e. The van der Waals surface area contributed by atoms with Crippen LogP contribution in [0.1, 0.15) is 50.8 Å². The molecule has 1 aliphatic rings. The summed E-state index contributed by atoms with van der Waals surface area (Å²) in [5.41, 5.74) is 0.943. The van der Waals surface area contributed by atoms with Gasteiger partial charge in [0.1, 0.15) is 6.10 Å². The fourth-order valence-corrected chi connectivity index (χ4v) is 2.71. The summed E-state index contributed by atoms with van der Waals surface area (Å²) in [6.45, 7) is 9.85. The highest BCUT2D eigenvalue weighted by Gasteiger charge is 2.30. The molecule has 0 spiro atoms. The second-order valence-corrected chi connectivity index (χ2v) is 6.37.